The van der Waals surface area contributed by atoms with E-state index in [0.29, 0.717) is 25.0 Å². The Labute approximate surface area is 300 Å². The van der Waals surface area contributed by atoms with Crippen molar-refractivity contribution in [1.82, 2.24) is 0 Å². The van der Waals surface area contributed by atoms with Gasteiger partial charge in [0, 0.05) is 12.8 Å². The topological polar surface area (TPSA) is 85.4 Å². The van der Waals surface area contributed by atoms with Crippen molar-refractivity contribution < 1.29 is 28.9 Å². The number of ether oxygens (including phenoxy) is 3. The molecule has 6 heteroatoms. The van der Waals surface area contributed by atoms with Crippen LogP contribution in [0.25, 0.3) is 0 Å². The van der Waals surface area contributed by atoms with Crippen LogP contribution in [0.3, 0.4) is 0 Å². The largest absolute Gasteiger partial charge is 0.463 e. The van der Waals surface area contributed by atoms with E-state index in [4.69, 9.17) is 14.2 Å². The van der Waals surface area contributed by atoms with Crippen molar-refractivity contribution in [1.29, 1.82) is 0 Å². The van der Waals surface area contributed by atoms with Crippen LogP contribution in [0.2, 0.25) is 0 Å². The fourth-order valence-corrected chi connectivity index (χ4v) is 5.51. The van der Waals surface area contributed by atoms with Crippen LogP contribution in [-0.4, -0.2) is 48.6 Å². The van der Waals surface area contributed by atoms with Crippen LogP contribution in [0.15, 0.2) is 60.8 Å². The third-order valence-corrected chi connectivity index (χ3v) is 8.61. The Hall–Kier alpha value is -2.44. The van der Waals surface area contributed by atoms with Gasteiger partial charge >= 0.3 is 11.9 Å². The van der Waals surface area contributed by atoms with E-state index in [9.17, 15) is 14.7 Å². The lowest BCUT2D eigenvalue weighted by molar-refractivity contribution is -0.152. The van der Waals surface area contributed by atoms with Crippen LogP contribution >= 0.6 is 0 Å². The number of carbonyl (C=O) groups is 2. The Balaban J connectivity index is 1.87. The van der Waals surface area contributed by atoms with Crippen molar-refractivity contribution in [2.45, 2.75) is 180 Å². The smallest absolute Gasteiger partial charge is 0.306 e. The van der Waals surface area contributed by atoms with E-state index in [0.717, 1.165) is 63.7 Å². The van der Waals surface area contributed by atoms with E-state index in [1.165, 1.54) is 64.2 Å². The molecule has 1 N–H and O–H groups in total. The molecule has 0 spiro atoms. The summed E-state index contributed by atoms with van der Waals surface area (Å²) in [6.45, 7) is 6.45. The van der Waals surface area contributed by atoms with Crippen molar-refractivity contribution in [2.24, 2.45) is 5.92 Å². The lowest BCUT2D eigenvalue weighted by atomic mass is 10.0. The standard InChI is InChI=1S/C43H72O6/c1-4-5-26-32-40-41(49-40)33-28-23-19-15-11-7-9-13-17-21-25-30-35-43(46)48-37-39(44)36-47-42(45)34-29-24-20-16-12-8-6-10-14-18-22-27-31-38(2)3/h5,9,11,13,15,21,23,25-26,28,38-41,44H,4,6-8,10,12,14,16-20,22,24,27,29-37H2,1-3H3/b13-9-,15-11-,25-21-,26-5-,28-23-/t39-,40?,41?/m0/s1. The van der Waals surface area contributed by atoms with Gasteiger partial charge in [0.1, 0.15) is 19.3 Å². The summed E-state index contributed by atoms with van der Waals surface area (Å²) in [5.41, 5.74) is 0. The lowest BCUT2D eigenvalue weighted by Crippen LogP contribution is -2.25. The first kappa shape index (κ1) is 44.6. The number of aliphatic hydroxyl groups excluding tert-OH is 1. The van der Waals surface area contributed by atoms with Crippen molar-refractivity contribution in [3.05, 3.63) is 60.8 Å². The van der Waals surface area contributed by atoms with Gasteiger partial charge in [-0.1, -0.05) is 159 Å². The van der Waals surface area contributed by atoms with Crippen LogP contribution in [-0.2, 0) is 23.8 Å². The highest BCUT2D eigenvalue weighted by Crippen LogP contribution is 2.29. The van der Waals surface area contributed by atoms with Crippen molar-refractivity contribution in [3.8, 4) is 0 Å². The lowest BCUT2D eigenvalue weighted by Gasteiger charge is -2.12. The van der Waals surface area contributed by atoms with Gasteiger partial charge in [-0.2, -0.15) is 0 Å². The first-order valence-corrected chi connectivity index (χ1v) is 19.8. The number of epoxide rings is 1. The van der Waals surface area contributed by atoms with Gasteiger partial charge in [0.2, 0.25) is 0 Å². The Bertz CT molecular complexity index is 946. The predicted octanol–water partition coefficient (Wildman–Crippen LogP) is 11.2. The van der Waals surface area contributed by atoms with Crippen LogP contribution in [0.4, 0.5) is 0 Å². The van der Waals surface area contributed by atoms with Crippen molar-refractivity contribution in [2.75, 3.05) is 13.2 Å². The van der Waals surface area contributed by atoms with E-state index in [2.05, 4.69) is 69.4 Å². The van der Waals surface area contributed by atoms with Gasteiger partial charge in [0.05, 0.1) is 12.2 Å². The number of esters is 2. The van der Waals surface area contributed by atoms with Crippen molar-refractivity contribution >= 4 is 11.9 Å². The third kappa shape index (κ3) is 31.3. The molecule has 1 fully saturated rings. The molecule has 2 unspecified atom stereocenters. The molecule has 1 aliphatic rings. The number of carbonyl (C=O) groups excluding carboxylic acids is 2. The van der Waals surface area contributed by atoms with Gasteiger partial charge in [0.15, 0.2) is 0 Å². The fourth-order valence-electron chi connectivity index (χ4n) is 5.51. The average molecular weight is 685 g/mol. The molecule has 1 rings (SSSR count). The second kappa shape index (κ2) is 32.7. The molecule has 0 bridgehead atoms. The molecular formula is C43H72O6. The van der Waals surface area contributed by atoms with Gasteiger partial charge in [-0.3, -0.25) is 9.59 Å². The summed E-state index contributed by atoms with van der Waals surface area (Å²) in [7, 11) is 0. The van der Waals surface area contributed by atoms with Gasteiger partial charge in [-0.25, -0.2) is 0 Å². The van der Waals surface area contributed by atoms with Crippen LogP contribution < -0.4 is 0 Å². The normalized spacial score (nSPS) is 17.1. The molecule has 49 heavy (non-hydrogen) atoms. The van der Waals surface area contributed by atoms with Gasteiger partial charge in [0.25, 0.3) is 0 Å². The summed E-state index contributed by atoms with van der Waals surface area (Å²) in [5, 5.41) is 10.0. The Morgan fingerprint density at radius 3 is 1.53 bits per heavy atom. The van der Waals surface area contributed by atoms with E-state index >= 15 is 0 Å². The molecule has 1 saturated heterocycles. The molecule has 0 aromatic rings. The van der Waals surface area contributed by atoms with Crippen LogP contribution in [0.5, 0.6) is 0 Å². The van der Waals surface area contributed by atoms with Crippen LogP contribution in [0.1, 0.15) is 162 Å². The maximum absolute atomic E-state index is 12.0. The molecule has 0 aliphatic carbocycles. The molecule has 0 saturated carbocycles. The molecule has 0 aromatic carbocycles. The number of allylic oxidation sites excluding steroid dienone is 8. The Morgan fingerprint density at radius 1 is 0.592 bits per heavy atom. The minimum atomic E-state index is -0.998. The Kier molecular flexibility index (Phi) is 29.8. The molecule has 280 valence electrons. The highest BCUT2D eigenvalue weighted by Gasteiger charge is 2.35. The molecule has 6 nitrogen and oxygen atoms in total. The van der Waals surface area contributed by atoms with Gasteiger partial charge in [-0.15, -0.1) is 0 Å². The number of unbranched alkanes of at least 4 members (excludes halogenated alkanes) is 11. The number of hydrogen-bond acceptors (Lipinski definition) is 6. The molecule has 1 heterocycles. The zero-order chi connectivity index (χ0) is 35.6. The molecular weight excluding hydrogens is 612 g/mol. The molecule has 0 aromatic heterocycles. The summed E-state index contributed by atoms with van der Waals surface area (Å²) in [6, 6.07) is 0. The maximum atomic E-state index is 12.0. The monoisotopic (exact) mass is 685 g/mol. The SMILES string of the molecule is CC/C=C\CC1OC1C/C=C\C/C=C\C/C=C\C/C=C\CCC(=O)OC[C@@H](O)COC(=O)CCCCCCCCCCCCCCC(C)C. The highest BCUT2D eigenvalue weighted by atomic mass is 16.6. The first-order valence-electron chi connectivity index (χ1n) is 19.8. The van der Waals surface area contributed by atoms with E-state index in [1.54, 1.807) is 0 Å². The summed E-state index contributed by atoms with van der Waals surface area (Å²) in [6.07, 6.45) is 44.7. The predicted molar refractivity (Wildman–Crippen MR) is 204 cm³/mol. The summed E-state index contributed by atoms with van der Waals surface area (Å²) in [5.74, 6) is 0.170. The zero-order valence-electron chi connectivity index (χ0n) is 31.5. The molecule has 3 atom stereocenters. The summed E-state index contributed by atoms with van der Waals surface area (Å²) >= 11 is 0. The first-order chi connectivity index (χ1) is 23.9. The highest BCUT2D eigenvalue weighted by molar-refractivity contribution is 5.70. The Morgan fingerprint density at radius 2 is 1.02 bits per heavy atom. The summed E-state index contributed by atoms with van der Waals surface area (Å²) in [4.78, 5) is 23.9. The zero-order valence-corrected chi connectivity index (χ0v) is 31.5. The van der Waals surface area contributed by atoms with E-state index in [-0.39, 0.29) is 31.6 Å². The second-order valence-electron chi connectivity index (χ2n) is 13.9. The minimum absolute atomic E-state index is 0.143. The van der Waals surface area contributed by atoms with Crippen LogP contribution in [0, 0.1) is 5.92 Å². The number of rotatable bonds is 33. The number of aliphatic hydroxyl groups is 1. The number of hydrogen-bond donors (Lipinski definition) is 1. The molecule has 0 amide bonds. The quantitative estimate of drug-likeness (QED) is 0.0320. The average Bonchev–Trinajstić information content (AvgIpc) is 3.84. The third-order valence-electron chi connectivity index (χ3n) is 8.61. The molecule has 1 aliphatic heterocycles. The summed E-state index contributed by atoms with van der Waals surface area (Å²) < 4.78 is 15.9. The van der Waals surface area contributed by atoms with E-state index in [1.807, 2.05) is 12.2 Å². The van der Waals surface area contributed by atoms with E-state index < -0.39 is 6.10 Å². The maximum Gasteiger partial charge on any atom is 0.306 e. The fraction of sp³-hybridized carbons (Fsp3) is 0.721. The van der Waals surface area contributed by atoms with Gasteiger partial charge in [-0.05, 0) is 57.3 Å². The van der Waals surface area contributed by atoms with Crippen molar-refractivity contribution in [3.63, 3.8) is 0 Å². The molecule has 0 radical (unpaired) electrons. The second-order valence-corrected chi connectivity index (χ2v) is 13.9. The van der Waals surface area contributed by atoms with Gasteiger partial charge < -0.3 is 19.3 Å². The minimum Gasteiger partial charge on any atom is -0.463 e.